The molecular formula is C12H16N2O5S. The number of aryl methyl sites for hydroxylation is 2. The average molecular weight is 300 g/mol. The van der Waals surface area contributed by atoms with Crippen LogP contribution in [0.3, 0.4) is 0 Å². The highest BCUT2D eigenvalue weighted by Crippen LogP contribution is 2.31. The highest BCUT2D eigenvalue weighted by molar-refractivity contribution is 7.89. The van der Waals surface area contributed by atoms with Crippen molar-refractivity contribution < 1.29 is 18.4 Å². The van der Waals surface area contributed by atoms with Crippen LogP contribution in [0.4, 0.5) is 5.69 Å². The SMILES string of the molecule is Cc1cc([N+](=O)[O-])c(S(=O)(=O)N2CC[C@H](O)C2)cc1C. The first-order chi connectivity index (χ1) is 9.23. The second-order valence-electron chi connectivity index (χ2n) is 4.97. The highest BCUT2D eigenvalue weighted by atomic mass is 32.2. The van der Waals surface area contributed by atoms with Gasteiger partial charge in [0, 0.05) is 19.2 Å². The van der Waals surface area contributed by atoms with Gasteiger partial charge < -0.3 is 5.11 Å². The van der Waals surface area contributed by atoms with E-state index < -0.39 is 26.7 Å². The van der Waals surface area contributed by atoms with E-state index in [1.54, 1.807) is 13.8 Å². The number of hydrogen-bond acceptors (Lipinski definition) is 5. The molecular weight excluding hydrogens is 284 g/mol. The Morgan fingerprint density at radius 2 is 1.95 bits per heavy atom. The van der Waals surface area contributed by atoms with Gasteiger partial charge >= 0.3 is 0 Å². The minimum absolute atomic E-state index is 0.0214. The maximum absolute atomic E-state index is 12.5. The molecule has 0 spiro atoms. The fraction of sp³-hybridized carbons (Fsp3) is 0.500. The van der Waals surface area contributed by atoms with E-state index in [1.165, 1.54) is 12.1 Å². The summed E-state index contributed by atoms with van der Waals surface area (Å²) < 4.78 is 26.1. The van der Waals surface area contributed by atoms with Crippen molar-refractivity contribution in [2.45, 2.75) is 31.3 Å². The number of benzene rings is 1. The molecule has 0 saturated carbocycles. The molecule has 0 aromatic heterocycles. The lowest BCUT2D eigenvalue weighted by atomic mass is 10.1. The Balaban J connectivity index is 2.56. The Morgan fingerprint density at radius 3 is 2.45 bits per heavy atom. The maximum atomic E-state index is 12.5. The van der Waals surface area contributed by atoms with E-state index >= 15 is 0 Å². The topological polar surface area (TPSA) is 101 Å². The summed E-state index contributed by atoms with van der Waals surface area (Å²) in [5, 5.41) is 20.5. The Kier molecular flexibility index (Phi) is 3.81. The number of hydrogen-bond donors (Lipinski definition) is 1. The summed E-state index contributed by atoms with van der Waals surface area (Å²) in [5.74, 6) is 0. The minimum atomic E-state index is -3.95. The third-order valence-corrected chi connectivity index (χ3v) is 5.41. The number of nitro benzene ring substituents is 1. The van der Waals surface area contributed by atoms with Crippen molar-refractivity contribution in [2.75, 3.05) is 13.1 Å². The van der Waals surface area contributed by atoms with E-state index in [-0.39, 0.29) is 18.0 Å². The van der Waals surface area contributed by atoms with Crippen LogP contribution in [0.5, 0.6) is 0 Å². The number of aliphatic hydroxyl groups is 1. The lowest BCUT2D eigenvalue weighted by Crippen LogP contribution is -2.30. The normalized spacial score (nSPS) is 20.2. The molecule has 1 fully saturated rings. The Bertz CT molecular complexity index is 656. The molecule has 1 heterocycles. The van der Waals surface area contributed by atoms with Crippen molar-refractivity contribution in [2.24, 2.45) is 0 Å². The van der Waals surface area contributed by atoms with Crippen LogP contribution < -0.4 is 0 Å². The molecule has 1 N–H and O–H groups in total. The van der Waals surface area contributed by atoms with Gasteiger partial charge in [0.2, 0.25) is 10.0 Å². The van der Waals surface area contributed by atoms with Crippen LogP contribution in [0.1, 0.15) is 17.5 Å². The Hall–Kier alpha value is -1.51. The fourth-order valence-corrected chi connectivity index (χ4v) is 3.91. The molecule has 1 aliphatic heterocycles. The van der Waals surface area contributed by atoms with Crippen LogP contribution in [0.25, 0.3) is 0 Å². The van der Waals surface area contributed by atoms with Gasteiger partial charge in [-0.2, -0.15) is 4.31 Å². The molecule has 0 amide bonds. The van der Waals surface area contributed by atoms with E-state index in [0.29, 0.717) is 17.5 Å². The van der Waals surface area contributed by atoms with Gasteiger partial charge in [-0.3, -0.25) is 10.1 Å². The summed E-state index contributed by atoms with van der Waals surface area (Å²) in [6.45, 7) is 3.55. The number of β-amino-alcohol motifs (C(OH)–C–C–N with tert-alkyl or cyclic N) is 1. The second kappa shape index (κ2) is 5.12. The molecule has 1 saturated heterocycles. The first-order valence-electron chi connectivity index (χ1n) is 6.17. The van der Waals surface area contributed by atoms with Gasteiger partial charge in [-0.05, 0) is 37.5 Å². The summed E-state index contributed by atoms with van der Waals surface area (Å²) >= 11 is 0. The summed E-state index contributed by atoms with van der Waals surface area (Å²) in [5.41, 5.74) is 0.917. The van der Waals surface area contributed by atoms with E-state index in [9.17, 15) is 23.6 Å². The van der Waals surface area contributed by atoms with Crippen LogP contribution in [-0.4, -0.2) is 41.9 Å². The molecule has 7 nitrogen and oxygen atoms in total. The lowest BCUT2D eigenvalue weighted by molar-refractivity contribution is -0.387. The van der Waals surface area contributed by atoms with Gasteiger partial charge in [-0.1, -0.05) is 0 Å². The van der Waals surface area contributed by atoms with Crippen LogP contribution in [0.15, 0.2) is 17.0 Å². The summed E-state index contributed by atoms with van der Waals surface area (Å²) in [4.78, 5) is 10.1. The van der Waals surface area contributed by atoms with Crippen molar-refractivity contribution in [1.29, 1.82) is 0 Å². The first-order valence-corrected chi connectivity index (χ1v) is 7.61. The highest BCUT2D eigenvalue weighted by Gasteiger charge is 2.36. The smallest absolute Gasteiger partial charge is 0.289 e. The largest absolute Gasteiger partial charge is 0.392 e. The minimum Gasteiger partial charge on any atom is -0.392 e. The van der Waals surface area contributed by atoms with Crippen LogP contribution >= 0.6 is 0 Å². The standard InChI is InChI=1S/C12H16N2O5S/c1-8-5-11(14(16)17)12(6-9(8)2)20(18,19)13-4-3-10(15)7-13/h5-6,10,15H,3-4,7H2,1-2H3/t10-/m0/s1. The van der Waals surface area contributed by atoms with Crippen LogP contribution in [0.2, 0.25) is 0 Å². The molecule has 0 aliphatic carbocycles. The summed E-state index contributed by atoms with van der Waals surface area (Å²) in [7, 11) is -3.95. The molecule has 2 rings (SSSR count). The average Bonchev–Trinajstić information content (AvgIpc) is 2.79. The number of aliphatic hydroxyl groups excluding tert-OH is 1. The number of sulfonamides is 1. The van der Waals surface area contributed by atoms with E-state index in [1.807, 2.05) is 0 Å². The van der Waals surface area contributed by atoms with Gasteiger partial charge in [0.1, 0.15) is 0 Å². The molecule has 110 valence electrons. The molecule has 1 atom stereocenters. The zero-order chi connectivity index (χ0) is 15.1. The van der Waals surface area contributed by atoms with Crippen molar-refractivity contribution in [3.05, 3.63) is 33.4 Å². The third kappa shape index (κ3) is 2.54. The lowest BCUT2D eigenvalue weighted by Gasteiger charge is -2.16. The number of nitro groups is 1. The second-order valence-corrected chi connectivity index (χ2v) is 6.87. The Morgan fingerprint density at radius 1 is 1.35 bits per heavy atom. The molecule has 20 heavy (non-hydrogen) atoms. The monoisotopic (exact) mass is 300 g/mol. The van der Waals surface area contributed by atoms with Gasteiger partial charge in [0.25, 0.3) is 5.69 Å². The molecule has 8 heteroatoms. The number of nitrogens with zero attached hydrogens (tertiary/aromatic N) is 2. The van der Waals surface area contributed by atoms with Crippen LogP contribution in [-0.2, 0) is 10.0 Å². The van der Waals surface area contributed by atoms with Gasteiger partial charge in [0.15, 0.2) is 4.90 Å². The third-order valence-electron chi connectivity index (χ3n) is 3.52. The molecule has 0 unspecified atom stereocenters. The van der Waals surface area contributed by atoms with E-state index in [0.717, 1.165) is 4.31 Å². The molecule has 0 bridgehead atoms. The van der Waals surface area contributed by atoms with E-state index in [4.69, 9.17) is 0 Å². The van der Waals surface area contributed by atoms with Gasteiger partial charge in [-0.15, -0.1) is 0 Å². The van der Waals surface area contributed by atoms with Gasteiger partial charge in [0.05, 0.1) is 11.0 Å². The molecule has 1 aromatic rings. The maximum Gasteiger partial charge on any atom is 0.289 e. The van der Waals surface area contributed by atoms with Crippen molar-refractivity contribution >= 4 is 15.7 Å². The first kappa shape index (κ1) is 14.9. The Labute approximate surface area is 117 Å². The predicted molar refractivity (Wildman–Crippen MR) is 72.0 cm³/mol. The summed E-state index contributed by atoms with van der Waals surface area (Å²) in [6, 6.07) is 2.60. The predicted octanol–water partition coefficient (Wildman–Crippen LogP) is 0.967. The van der Waals surface area contributed by atoms with Crippen LogP contribution in [0, 0.1) is 24.0 Å². The van der Waals surface area contributed by atoms with Crippen molar-refractivity contribution in [3.8, 4) is 0 Å². The molecule has 1 aliphatic rings. The zero-order valence-corrected chi connectivity index (χ0v) is 12.1. The molecule has 0 radical (unpaired) electrons. The van der Waals surface area contributed by atoms with Gasteiger partial charge in [-0.25, -0.2) is 8.42 Å². The number of rotatable bonds is 3. The zero-order valence-electron chi connectivity index (χ0n) is 11.2. The summed E-state index contributed by atoms with van der Waals surface area (Å²) in [6.07, 6.45) is -0.368. The van der Waals surface area contributed by atoms with E-state index in [2.05, 4.69) is 0 Å². The van der Waals surface area contributed by atoms with Crippen molar-refractivity contribution in [1.82, 2.24) is 4.31 Å². The fourth-order valence-electron chi connectivity index (χ4n) is 2.19. The quantitative estimate of drug-likeness (QED) is 0.662. The van der Waals surface area contributed by atoms with Crippen molar-refractivity contribution in [3.63, 3.8) is 0 Å². The molecule has 1 aromatic carbocycles.